The maximum atomic E-state index is 12.5. The number of thiophene rings is 1. The van der Waals surface area contributed by atoms with Crippen LogP contribution in [0.3, 0.4) is 0 Å². The van der Waals surface area contributed by atoms with Gasteiger partial charge in [0, 0.05) is 24.0 Å². The molecule has 0 aliphatic carbocycles. The lowest BCUT2D eigenvalue weighted by molar-refractivity contribution is -0.125. The fourth-order valence-corrected chi connectivity index (χ4v) is 4.10. The summed E-state index contributed by atoms with van der Waals surface area (Å²) in [4.78, 5) is 28.8. The van der Waals surface area contributed by atoms with Crippen molar-refractivity contribution < 1.29 is 14.0 Å². The predicted molar refractivity (Wildman–Crippen MR) is 101 cm³/mol. The van der Waals surface area contributed by atoms with E-state index in [4.69, 9.17) is 4.42 Å². The average Bonchev–Trinajstić information content (AvgIpc) is 3.29. The summed E-state index contributed by atoms with van der Waals surface area (Å²) < 4.78 is 5.66. The second kappa shape index (κ2) is 8.05. The largest absolute Gasteiger partial charge is 0.465 e. The van der Waals surface area contributed by atoms with Crippen LogP contribution in [0, 0.1) is 13.8 Å². The number of aryl methyl sites for hydroxylation is 2. The van der Waals surface area contributed by atoms with Gasteiger partial charge in [0.15, 0.2) is 0 Å². The third-order valence-electron chi connectivity index (χ3n) is 4.51. The highest BCUT2D eigenvalue weighted by Gasteiger charge is 2.37. The number of rotatable bonds is 6. The summed E-state index contributed by atoms with van der Waals surface area (Å²) >= 11 is 1.48. The molecule has 2 amide bonds. The number of hydrogen-bond acceptors (Lipinski definition) is 5. The highest BCUT2D eigenvalue weighted by Crippen LogP contribution is 2.23. The molecule has 2 atom stereocenters. The van der Waals surface area contributed by atoms with E-state index in [-0.39, 0.29) is 23.9 Å². The minimum absolute atomic E-state index is 0.000468. The van der Waals surface area contributed by atoms with E-state index in [0.717, 1.165) is 16.4 Å². The monoisotopic (exact) mass is 375 g/mol. The first-order valence-electron chi connectivity index (χ1n) is 8.90. The summed E-state index contributed by atoms with van der Waals surface area (Å²) in [6, 6.07) is 7.31. The van der Waals surface area contributed by atoms with E-state index in [1.807, 2.05) is 45.0 Å². The molecule has 0 unspecified atom stereocenters. The highest BCUT2D eigenvalue weighted by molar-refractivity contribution is 7.13. The van der Waals surface area contributed by atoms with E-state index < -0.39 is 0 Å². The van der Waals surface area contributed by atoms with Gasteiger partial charge in [-0.1, -0.05) is 0 Å². The van der Waals surface area contributed by atoms with Crippen molar-refractivity contribution in [3.63, 3.8) is 0 Å². The van der Waals surface area contributed by atoms with Gasteiger partial charge in [0.2, 0.25) is 5.91 Å². The molecule has 2 N–H and O–H groups in total. The van der Waals surface area contributed by atoms with Gasteiger partial charge in [0.05, 0.1) is 17.5 Å². The minimum atomic E-state index is -0.268. The summed E-state index contributed by atoms with van der Waals surface area (Å²) in [6.45, 7) is 7.56. The lowest BCUT2D eigenvalue weighted by atomic mass is 10.1. The van der Waals surface area contributed by atoms with Crippen LogP contribution in [0.2, 0.25) is 0 Å². The zero-order valence-corrected chi connectivity index (χ0v) is 16.2. The van der Waals surface area contributed by atoms with Gasteiger partial charge in [-0.05, 0) is 51.5 Å². The molecule has 1 fully saturated rings. The smallest absolute Gasteiger partial charge is 0.261 e. The lowest BCUT2D eigenvalue weighted by Gasteiger charge is -2.22. The van der Waals surface area contributed by atoms with E-state index in [0.29, 0.717) is 30.9 Å². The predicted octanol–water partition coefficient (Wildman–Crippen LogP) is 2.47. The maximum Gasteiger partial charge on any atom is 0.261 e. The van der Waals surface area contributed by atoms with Crippen LogP contribution in [-0.4, -0.2) is 41.9 Å². The SMILES string of the molecule is CCNC(=O)[C@@H]1C[C@H](NC(=O)c2ccc(C)s2)CN1Cc1ccc(C)o1. The van der Waals surface area contributed by atoms with Crippen molar-refractivity contribution in [1.82, 2.24) is 15.5 Å². The average molecular weight is 375 g/mol. The summed E-state index contributed by atoms with van der Waals surface area (Å²) in [5.41, 5.74) is 0. The maximum absolute atomic E-state index is 12.5. The quantitative estimate of drug-likeness (QED) is 0.813. The van der Waals surface area contributed by atoms with Crippen molar-refractivity contribution in [1.29, 1.82) is 0 Å². The third-order valence-corrected chi connectivity index (χ3v) is 5.51. The topological polar surface area (TPSA) is 74.6 Å². The van der Waals surface area contributed by atoms with Crippen LogP contribution in [0.25, 0.3) is 0 Å². The molecule has 7 heteroatoms. The zero-order valence-electron chi connectivity index (χ0n) is 15.4. The van der Waals surface area contributed by atoms with Gasteiger partial charge < -0.3 is 15.1 Å². The Morgan fingerprint density at radius 3 is 2.69 bits per heavy atom. The normalized spacial score (nSPS) is 20.3. The molecule has 2 aromatic rings. The van der Waals surface area contributed by atoms with Crippen molar-refractivity contribution in [3.05, 3.63) is 45.5 Å². The molecular formula is C19H25N3O3S. The van der Waals surface area contributed by atoms with Crippen LogP contribution >= 0.6 is 11.3 Å². The van der Waals surface area contributed by atoms with E-state index in [2.05, 4.69) is 15.5 Å². The molecule has 3 rings (SSSR count). The van der Waals surface area contributed by atoms with Crippen LogP contribution in [0.5, 0.6) is 0 Å². The first kappa shape index (κ1) is 18.7. The van der Waals surface area contributed by atoms with Crippen LogP contribution in [-0.2, 0) is 11.3 Å². The fraction of sp³-hybridized carbons (Fsp3) is 0.474. The summed E-state index contributed by atoms with van der Waals surface area (Å²) in [6.07, 6.45) is 0.599. The molecule has 0 saturated carbocycles. The van der Waals surface area contributed by atoms with Crippen molar-refractivity contribution in [2.75, 3.05) is 13.1 Å². The second-order valence-electron chi connectivity index (χ2n) is 6.67. The van der Waals surface area contributed by atoms with Crippen molar-refractivity contribution in [3.8, 4) is 0 Å². The van der Waals surface area contributed by atoms with Crippen molar-refractivity contribution >= 4 is 23.2 Å². The van der Waals surface area contributed by atoms with Gasteiger partial charge in [-0.15, -0.1) is 11.3 Å². The molecular weight excluding hydrogens is 350 g/mol. The molecule has 0 bridgehead atoms. The molecule has 3 heterocycles. The molecule has 0 spiro atoms. The van der Waals surface area contributed by atoms with Crippen molar-refractivity contribution in [2.24, 2.45) is 0 Å². The Bertz CT molecular complexity index is 783. The molecule has 0 radical (unpaired) electrons. The Morgan fingerprint density at radius 1 is 1.27 bits per heavy atom. The molecule has 2 aromatic heterocycles. The highest BCUT2D eigenvalue weighted by atomic mass is 32.1. The Balaban J connectivity index is 1.68. The standard InChI is InChI=1S/C19H25N3O3S/c1-4-20-18(23)16-9-14(21-19(24)17-8-6-13(3)26-17)10-22(16)11-15-7-5-12(2)25-15/h5-8,14,16H,4,9-11H2,1-3H3,(H,20,23)(H,21,24)/t14-,16-/m0/s1. The molecule has 140 valence electrons. The number of furan rings is 1. The van der Waals surface area contributed by atoms with Crippen LogP contribution in [0.4, 0.5) is 0 Å². The van der Waals surface area contributed by atoms with Gasteiger partial charge in [0.25, 0.3) is 5.91 Å². The number of likely N-dealkylation sites (tertiary alicyclic amines) is 1. The molecule has 1 aliphatic rings. The summed E-state index contributed by atoms with van der Waals surface area (Å²) in [7, 11) is 0. The molecule has 1 saturated heterocycles. The number of nitrogens with one attached hydrogen (secondary N) is 2. The molecule has 0 aromatic carbocycles. The van der Waals surface area contributed by atoms with E-state index >= 15 is 0 Å². The molecule has 6 nitrogen and oxygen atoms in total. The summed E-state index contributed by atoms with van der Waals surface area (Å²) in [5, 5.41) is 5.97. The zero-order chi connectivity index (χ0) is 18.7. The number of nitrogens with zero attached hydrogens (tertiary/aromatic N) is 1. The van der Waals surface area contributed by atoms with Crippen LogP contribution in [0.15, 0.2) is 28.7 Å². The summed E-state index contributed by atoms with van der Waals surface area (Å²) in [5.74, 6) is 1.61. The Hall–Kier alpha value is -2.12. The third kappa shape index (κ3) is 4.34. The number of hydrogen-bond donors (Lipinski definition) is 2. The van der Waals surface area contributed by atoms with Gasteiger partial charge in [-0.2, -0.15) is 0 Å². The fourth-order valence-electron chi connectivity index (χ4n) is 3.33. The Labute approximate surface area is 157 Å². The van der Waals surface area contributed by atoms with Gasteiger partial charge in [0.1, 0.15) is 11.5 Å². The van der Waals surface area contributed by atoms with Crippen LogP contribution in [0.1, 0.15) is 39.4 Å². The first-order chi connectivity index (χ1) is 12.5. The Morgan fingerprint density at radius 2 is 2.08 bits per heavy atom. The molecule has 1 aliphatic heterocycles. The second-order valence-corrected chi connectivity index (χ2v) is 7.96. The van der Waals surface area contributed by atoms with Crippen molar-refractivity contribution in [2.45, 2.75) is 45.8 Å². The number of carbonyl (C=O) groups excluding carboxylic acids is 2. The van der Waals surface area contributed by atoms with E-state index in [1.54, 1.807) is 0 Å². The van der Waals surface area contributed by atoms with Gasteiger partial charge >= 0.3 is 0 Å². The van der Waals surface area contributed by atoms with Crippen LogP contribution < -0.4 is 10.6 Å². The Kier molecular flexibility index (Phi) is 5.78. The first-order valence-corrected chi connectivity index (χ1v) is 9.72. The number of carbonyl (C=O) groups is 2. The minimum Gasteiger partial charge on any atom is -0.465 e. The number of amides is 2. The van der Waals surface area contributed by atoms with Gasteiger partial charge in [-0.25, -0.2) is 0 Å². The lowest BCUT2D eigenvalue weighted by Crippen LogP contribution is -2.42. The van der Waals surface area contributed by atoms with E-state index in [1.165, 1.54) is 11.3 Å². The molecule has 26 heavy (non-hydrogen) atoms. The van der Waals surface area contributed by atoms with Gasteiger partial charge in [-0.3, -0.25) is 14.5 Å². The van der Waals surface area contributed by atoms with E-state index in [9.17, 15) is 9.59 Å². The number of likely N-dealkylation sites (N-methyl/N-ethyl adjacent to an activating group) is 1.